The number of hydrogen-bond acceptors (Lipinski definition) is 3. The average Bonchev–Trinajstić information content (AvgIpc) is 2.38. The summed E-state index contributed by atoms with van der Waals surface area (Å²) in [5.41, 5.74) is 8.86. The fourth-order valence-corrected chi connectivity index (χ4v) is 1.96. The summed E-state index contributed by atoms with van der Waals surface area (Å²) >= 11 is 0. The fraction of sp³-hybridized carbons (Fsp3) is 0.200. The number of rotatable bonds is 4. The summed E-state index contributed by atoms with van der Waals surface area (Å²) in [5, 5.41) is 9.53. The SMILES string of the molecule is CCN(Cc1ccccc1N)c1cccc(O)c1. The molecular weight excluding hydrogens is 224 g/mol. The van der Waals surface area contributed by atoms with Crippen LogP contribution in [0.5, 0.6) is 5.75 Å². The van der Waals surface area contributed by atoms with Gasteiger partial charge in [0.2, 0.25) is 0 Å². The lowest BCUT2D eigenvalue weighted by molar-refractivity contribution is 0.475. The summed E-state index contributed by atoms with van der Waals surface area (Å²) in [4.78, 5) is 2.17. The zero-order valence-electron chi connectivity index (χ0n) is 10.5. The number of anilines is 2. The van der Waals surface area contributed by atoms with E-state index in [-0.39, 0.29) is 5.75 Å². The van der Waals surface area contributed by atoms with E-state index in [0.717, 1.165) is 30.0 Å². The van der Waals surface area contributed by atoms with E-state index in [4.69, 9.17) is 5.73 Å². The van der Waals surface area contributed by atoms with Crippen molar-refractivity contribution in [3.8, 4) is 5.75 Å². The Bertz CT molecular complexity index is 525. The summed E-state index contributed by atoms with van der Waals surface area (Å²) in [7, 11) is 0. The smallest absolute Gasteiger partial charge is 0.117 e. The largest absolute Gasteiger partial charge is 0.508 e. The molecule has 3 N–H and O–H groups in total. The normalized spacial score (nSPS) is 10.3. The highest BCUT2D eigenvalue weighted by atomic mass is 16.3. The average molecular weight is 242 g/mol. The van der Waals surface area contributed by atoms with Crippen LogP contribution in [0.15, 0.2) is 48.5 Å². The quantitative estimate of drug-likeness (QED) is 0.810. The number of nitrogen functional groups attached to an aromatic ring is 1. The van der Waals surface area contributed by atoms with Crippen LogP contribution in [0.3, 0.4) is 0 Å². The second-order valence-electron chi connectivity index (χ2n) is 4.23. The molecule has 18 heavy (non-hydrogen) atoms. The first kappa shape index (κ1) is 12.3. The number of benzene rings is 2. The van der Waals surface area contributed by atoms with Crippen molar-refractivity contribution in [2.45, 2.75) is 13.5 Å². The van der Waals surface area contributed by atoms with E-state index in [1.807, 2.05) is 36.4 Å². The molecule has 0 aliphatic rings. The molecule has 0 spiro atoms. The zero-order valence-corrected chi connectivity index (χ0v) is 10.5. The molecule has 0 fully saturated rings. The Labute approximate surface area is 107 Å². The number of nitrogens with zero attached hydrogens (tertiary/aromatic N) is 1. The minimum absolute atomic E-state index is 0.284. The van der Waals surface area contributed by atoms with Crippen LogP contribution in [-0.2, 0) is 6.54 Å². The molecule has 0 bridgehead atoms. The van der Waals surface area contributed by atoms with E-state index in [0.29, 0.717) is 0 Å². The molecular formula is C15H18N2O. The third-order valence-electron chi connectivity index (χ3n) is 2.99. The summed E-state index contributed by atoms with van der Waals surface area (Å²) in [6, 6.07) is 15.1. The number of nitrogens with two attached hydrogens (primary N) is 1. The van der Waals surface area contributed by atoms with Crippen LogP contribution in [0, 0.1) is 0 Å². The number of aromatic hydroxyl groups is 1. The van der Waals surface area contributed by atoms with Crippen LogP contribution >= 0.6 is 0 Å². The van der Waals surface area contributed by atoms with E-state index in [1.54, 1.807) is 12.1 Å². The molecule has 3 nitrogen and oxygen atoms in total. The van der Waals surface area contributed by atoms with Crippen molar-refractivity contribution in [3.05, 3.63) is 54.1 Å². The van der Waals surface area contributed by atoms with Crippen LogP contribution in [0.1, 0.15) is 12.5 Å². The number of phenols is 1. The lowest BCUT2D eigenvalue weighted by Gasteiger charge is -2.24. The molecule has 0 unspecified atom stereocenters. The van der Waals surface area contributed by atoms with Gasteiger partial charge < -0.3 is 15.7 Å². The van der Waals surface area contributed by atoms with Gasteiger partial charge in [0.15, 0.2) is 0 Å². The van der Waals surface area contributed by atoms with Crippen molar-refractivity contribution < 1.29 is 5.11 Å². The molecule has 0 aromatic heterocycles. The Morgan fingerprint density at radius 1 is 1.11 bits per heavy atom. The van der Waals surface area contributed by atoms with Crippen molar-refractivity contribution >= 4 is 11.4 Å². The predicted molar refractivity (Wildman–Crippen MR) is 75.7 cm³/mol. The molecule has 0 aliphatic heterocycles. The van der Waals surface area contributed by atoms with Gasteiger partial charge in [-0.3, -0.25) is 0 Å². The maximum Gasteiger partial charge on any atom is 0.117 e. The standard InChI is InChI=1S/C15H18N2O/c1-2-17(13-7-5-8-14(18)10-13)11-12-6-3-4-9-15(12)16/h3-10,18H,2,11,16H2,1H3. The predicted octanol–water partition coefficient (Wildman–Crippen LogP) is 3.00. The van der Waals surface area contributed by atoms with Gasteiger partial charge in [0, 0.05) is 30.5 Å². The highest BCUT2D eigenvalue weighted by Crippen LogP contribution is 2.23. The van der Waals surface area contributed by atoms with Crippen LogP contribution < -0.4 is 10.6 Å². The molecule has 0 saturated carbocycles. The molecule has 0 radical (unpaired) electrons. The van der Waals surface area contributed by atoms with E-state index in [9.17, 15) is 5.11 Å². The molecule has 2 rings (SSSR count). The molecule has 2 aromatic rings. The van der Waals surface area contributed by atoms with Gasteiger partial charge in [-0.15, -0.1) is 0 Å². The Kier molecular flexibility index (Phi) is 3.72. The molecule has 0 aliphatic carbocycles. The minimum atomic E-state index is 0.284. The van der Waals surface area contributed by atoms with Gasteiger partial charge >= 0.3 is 0 Å². The van der Waals surface area contributed by atoms with Crippen molar-refractivity contribution in [3.63, 3.8) is 0 Å². The first-order chi connectivity index (χ1) is 8.70. The summed E-state index contributed by atoms with van der Waals surface area (Å²) in [5.74, 6) is 0.284. The minimum Gasteiger partial charge on any atom is -0.508 e. The van der Waals surface area contributed by atoms with Gasteiger partial charge in [0.05, 0.1) is 0 Å². The van der Waals surface area contributed by atoms with Gasteiger partial charge in [-0.2, -0.15) is 0 Å². The fourth-order valence-electron chi connectivity index (χ4n) is 1.96. The molecule has 0 atom stereocenters. The highest BCUT2D eigenvalue weighted by Gasteiger charge is 2.07. The van der Waals surface area contributed by atoms with Crippen LogP contribution in [0.4, 0.5) is 11.4 Å². The van der Waals surface area contributed by atoms with Crippen molar-refractivity contribution in [1.29, 1.82) is 0 Å². The molecule has 0 amide bonds. The number of hydrogen-bond donors (Lipinski definition) is 2. The second kappa shape index (κ2) is 5.45. The first-order valence-corrected chi connectivity index (χ1v) is 6.08. The Hall–Kier alpha value is -2.16. The molecule has 0 saturated heterocycles. The first-order valence-electron chi connectivity index (χ1n) is 6.08. The zero-order chi connectivity index (χ0) is 13.0. The second-order valence-corrected chi connectivity index (χ2v) is 4.23. The third-order valence-corrected chi connectivity index (χ3v) is 2.99. The third kappa shape index (κ3) is 2.74. The Morgan fingerprint density at radius 3 is 2.56 bits per heavy atom. The number of phenolic OH excluding ortho intramolecular Hbond substituents is 1. The van der Waals surface area contributed by atoms with Gasteiger partial charge in [-0.25, -0.2) is 0 Å². The van der Waals surface area contributed by atoms with Gasteiger partial charge in [-0.1, -0.05) is 24.3 Å². The summed E-state index contributed by atoms with van der Waals surface area (Å²) < 4.78 is 0. The number of para-hydroxylation sites is 1. The van der Waals surface area contributed by atoms with Crippen molar-refractivity contribution in [2.24, 2.45) is 0 Å². The lowest BCUT2D eigenvalue weighted by atomic mass is 10.1. The van der Waals surface area contributed by atoms with E-state index < -0.39 is 0 Å². The lowest BCUT2D eigenvalue weighted by Crippen LogP contribution is -2.22. The van der Waals surface area contributed by atoms with Gasteiger partial charge in [-0.05, 0) is 30.7 Å². The van der Waals surface area contributed by atoms with E-state index in [1.165, 1.54) is 0 Å². The van der Waals surface area contributed by atoms with Crippen molar-refractivity contribution in [2.75, 3.05) is 17.2 Å². The maximum atomic E-state index is 9.53. The van der Waals surface area contributed by atoms with Crippen molar-refractivity contribution in [1.82, 2.24) is 0 Å². The molecule has 3 heteroatoms. The monoisotopic (exact) mass is 242 g/mol. The van der Waals surface area contributed by atoms with Gasteiger partial charge in [0.25, 0.3) is 0 Å². The van der Waals surface area contributed by atoms with E-state index in [2.05, 4.69) is 11.8 Å². The van der Waals surface area contributed by atoms with Crippen LogP contribution in [0.2, 0.25) is 0 Å². The molecule has 94 valence electrons. The van der Waals surface area contributed by atoms with E-state index >= 15 is 0 Å². The van der Waals surface area contributed by atoms with Gasteiger partial charge in [0.1, 0.15) is 5.75 Å². The van der Waals surface area contributed by atoms with Crippen LogP contribution in [-0.4, -0.2) is 11.7 Å². The summed E-state index contributed by atoms with van der Waals surface area (Å²) in [6.07, 6.45) is 0. The molecule has 2 aromatic carbocycles. The topological polar surface area (TPSA) is 49.5 Å². The molecule has 0 heterocycles. The summed E-state index contributed by atoms with van der Waals surface area (Å²) in [6.45, 7) is 3.69. The Morgan fingerprint density at radius 2 is 1.89 bits per heavy atom. The maximum absolute atomic E-state index is 9.53. The van der Waals surface area contributed by atoms with Crippen LogP contribution in [0.25, 0.3) is 0 Å². The highest BCUT2D eigenvalue weighted by molar-refractivity contribution is 5.53. The Balaban J connectivity index is 2.23.